The van der Waals surface area contributed by atoms with Crippen LogP contribution in [0.25, 0.3) is 0 Å². The highest BCUT2D eigenvalue weighted by Gasteiger charge is 2.37. The van der Waals surface area contributed by atoms with Gasteiger partial charge in [0.2, 0.25) is 0 Å². The molecule has 0 spiro atoms. The predicted octanol–water partition coefficient (Wildman–Crippen LogP) is 1.11. The van der Waals surface area contributed by atoms with Crippen LogP contribution in [0.1, 0.15) is 26.7 Å². The van der Waals surface area contributed by atoms with Gasteiger partial charge in [-0.1, -0.05) is 6.92 Å². The van der Waals surface area contributed by atoms with E-state index in [0.29, 0.717) is 18.0 Å². The van der Waals surface area contributed by atoms with Gasteiger partial charge < -0.3 is 19.7 Å². The van der Waals surface area contributed by atoms with Crippen LogP contribution in [0.4, 0.5) is 0 Å². The zero-order valence-electron chi connectivity index (χ0n) is 12.2. The summed E-state index contributed by atoms with van der Waals surface area (Å²) in [5, 5.41) is 3.72. The standard InChI is InChI=1S/C14H28N2O2/c1-11-8-16(3)12(2)7-13(11)15-9-14(17-4)5-6-18-10-14/h11-13,15H,5-10H2,1-4H3. The van der Waals surface area contributed by atoms with Gasteiger partial charge in [-0.15, -0.1) is 0 Å². The quantitative estimate of drug-likeness (QED) is 0.817. The summed E-state index contributed by atoms with van der Waals surface area (Å²) in [6.45, 7) is 8.29. The molecule has 0 saturated carbocycles. The zero-order chi connectivity index (χ0) is 13.2. The van der Waals surface area contributed by atoms with Crippen LogP contribution in [0.15, 0.2) is 0 Å². The summed E-state index contributed by atoms with van der Waals surface area (Å²) in [5.41, 5.74) is -0.0910. The minimum atomic E-state index is -0.0910. The molecule has 2 heterocycles. The summed E-state index contributed by atoms with van der Waals surface area (Å²) < 4.78 is 11.2. The van der Waals surface area contributed by atoms with E-state index < -0.39 is 0 Å². The first-order valence-corrected chi connectivity index (χ1v) is 7.13. The van der Waals surface area contributed by atoms with Crippen LogP contribution >= 0.6 is 0 Å². The molecule has 0 aromatic carbocycles. The van der Waals surface area contributed by atoms with Crippen molar-refractivity contribution in [1.82, 2.24) is 10.2 Å². The number of rotatable bonds is 4. The number of hydrogen-bond donors (Lipinski definition) is 1. The van der Waals surface area contributed by atoms with Gasteiger partial charge in [0.15, 0.2) is 0 Å². The molecule has 4 heteroatoms. The molecule has 0 amide bonds. The monoisotopic (exact) mass is 256 g/mol. The van der Waals surface area contributed by atoms with Crippen LogP contribution in [0.5, 0.6) is 0 Å². The molecule has 18 heavy (non-hydrogen) atoms. The van der Waals surface area contributed by atoms with Gasteiger partial charge in [0, 0.05) is 45.3 Å². The van der Waals surface area contributed by atoms with Crippen molar-refractivity contribution in [2.24, 2.45) is 5.92 Å². The van der Waals surface area contributed by atoms with E-state index in [1.165, 1.54) is 13.0 Å². The lowest BCUT2D eigenvalue weighted by Gasteiger charge is -2.41. The topological polar surface area (TPSA) is 33.7 Å². The SMILES string of the molecule is COC1(CNC2CC(C)N(C)CC2C)CCOC1. The van der Waals surface area contributed by atoms with Crippen LogP contribution < -0.4 is 5.32 Å². The van der Waals surface area contributed by atoms with E-state index >= 15 is 0 Å². The van der Waals surface area contributed by atoms with Crippen LogP contribution in [0, 0.1) is 5.92 Å². The van der Waals surface area contributed by atoms with Gasteiger partial charge >= 0.3 is 0 Å². The molecule has 4 nitrogen and oxygen atoms in total. The number of nitrogens with zero attached hydrogens (tertiary/aromatic N) is 1. The highest BCUT2D eigenvalue weighted by molar-refractivity contribution is 4.92. The zero-order valence-corrected chi connectivity index (χ0v) is 12.2. The van der Waals surface area contributed by atoms with Crippen molar-refractivity contribution in [3.8, 4) is 0 Å². The Morgan fingerprint density at radius 2 is 2.22 bits per heavy atom. The number of nitrogens with one attached hydrogen (secondary N) is 1. The maximum Gasteiger partial charge on any atom is 0.106 e. The van der Waals surface area contributed by atoms with Crippen molar-refractivity contribution in [3.05, 3.63) is 0 Å². The second-order valence-electron chi connectivity index (χ2n) is 6.18. The molecule has 0 aromatic heterocycles. The number of piperidine rings is 1. The Hall–Kier alpha value is -0.160. The third-order valence-corrected chi connectivity index (χ3v) is 4.80. The molecule has 2 aliphatic heterocycles. The maximum atomic E-state index is 5.68. The largest absolute Gasteiger partial charge is 0.378 e. The molecule has 2 rings (SSSR count). The van der Waals surface area contributed by atoms with E-state index in [4.69, 9.17) is 9.47 Å². The maximum absolute atomic E-state index is 5.68. The molecule has 2 saturated heterocycles. The average molecular weight is 256 g/mol. The second-order valence-corrected chi connectivity index (χ2v) is 6.18. The van der Waals surface area contributed by atoms with Crippen molar-refractivity contribution in [1.29, 1.82) is 0 Å². The van der Waals surface area contributed by atoms with Gasteiger partial charge in [0.05, 0.1) is 6.61 Å². The van der Waals surface area contributed by atoms with Gasteiger partial charge in [-0.25, -0.2) is 0 Å². The van der Waals surface area contributed by atoms with E-state index in [9.17, 15) is 0 Å². The summed E-state index contributed by atoms with van der Waals surface area (Å²) in [7, 11) is 4.02. The number of likely N-dealkylation sites (tertiary alicyclic amines) is 1. The summed E-state index contributed by atoms with van der Waals surface area (Å²) in [4.78, 5) is 2.45. The third-order valence-electron chi connectivity index (χ3n) is 4.80. The predicted molar refractivity (Wildman–Crippen MR) is 72.8 cm³/mol. The van der Waals surface area contributed by atoms with Gasteiger partial charge in [-0.05, 0) is 26.3 Å². The Bertz CT molecular complexity index is 267. The fraction of sp³-hybridized carbons (Fsp3) is 1.00. The van der Waals surface area contributed by atoms with Crippen molar-refractivity contribution >= 4 is 0 Å². The summed E-state index contributed by atoms with van der Waals surface area (Å²) >= 11 is 0. The van der Waals surface area contributed by atoms with Crippen molar-refractivity contribution in [3.63, 3.8) is 0 Å². The van der Waals surface area contributed by atoms with Crippen molar-refractivity contribution < 1.29 is 9.47 Å². The Kier molecular flexibility index (Phi) is 4.64. The molecule has 0 aliphatic carbocycles. The van der Waals surface area contributed by atoms with Gasteiger partial charge in [-0.2, -0.15) is 0 Å². The first-order valence-electron chi connectivity index (χ1n) is 7.13. The van der Waals surface area contributed by atoms with Crippen LogP contribution in [-0.4, -0.2) is 63.0 Å². The second kappa shape index (κ2) is 5.87. The molecule has 2 fully saturated rings. The third kappa shape index (κ3) is 3.05. The van der Waals surface area contributed by atoms with Gasteiger partial charge in [0.1, 0.15) is 5.60 Å². The minimum Gasteiger partial charge on any atom is -0.378 e. The van der Waals surface area contributed by atoms with Crippen LogP contribution in [0.2, 0.25) is 0 Å². The molecule has 4 unspecified atom stereocenters. The smallest absolute Gasteiger partial charge is 0.106 e. The van der Waals surface area contributed by atoms with Crippen LogP contribution in [0.3, 0.4) is 0 Å². The van der Waals surface area contributed by atoms with E-state index in [1.807, 2.05) is 0 Å². The lowest BCUT2D eigenvalue weighted by Crippen LogP contribution is -2.54. The summed E-state index contributed by atoms with van der Waals surface area (Å²) in [6, 6.07) is 1.26. The molecule has 1 N–H and O–H groups in total. The molecule has 0 aromatic rings. The number of hydrogen-bond acceptors (Lipinski definition) is 4. The van der Waals surface area contributed by atoms with Crippen LogP contribution in [-0.2, 0) is 9.47 Å². The van der Waals surface area contributed by atoms with Gasteiger partial charge in [0.25, 0.3) is 0 Å². The summed E-state index contributed by atoms with van der Waals surface area (Å²) in [5.74, 6) is 0.697. The van der Waals surface area contributed by atoms with E-state index in [0.717, 1.165) is 26.2 Å². The fourth-order valence-corrected chi connectivity index (χ4v) is 3.10. The Morgan fingerprint density at radius 3 is 2.83 bits per heavy atom. The molecular weight excluding hydrogens is 228 g/mol. The van der Waals surface area contributed by atoms with E-state index in [2.05, 4.69) is 31.1 Å². The first kappa shape index (κ1) is 14.3. The highest BCUT2D eigenvalue weighted by atomic mass is 16.5. The number of ether oxygens (including phenoxy) is 2. The molecule has 106 valence electrons. The number of methoxy groups -OCH3 is 1. The highest BCUT2D eigenvalue weighted by Crippen LogP contribution is 2.24. The summed E-state index contributed by atoms with van der Waals surface area (Å²) in [6.07, 6.45) is 2.23. The van der Waals surface area contributed by atoms with E-state index in [-0.39, 0.29) is 5.60 Å². The molecular formula is C14H28N2O2. The molecule has 0 radical (unpaired) electrons. The average Bonchev–Trinajstić information content (AvgIpc) is 2.82. The van der Waals surface area contributed by atoms with Crippen molar-refractivity contribution in [2.45, 2.75) is 44.4 Å². The van der Waals surface area contributed by atoms with Crippen molar-refractivity contribution in [2.75, 3.05) is 40.5 Å². The first-order chi connectivity index (χ1) is 8.56. The molecule has 2 aliphatic rings. The van der Waals surface area contributed by atoms with Gasteiger partial charge in [-0.3, -0.25) is 0 Å². The van der Waals surface area contributed by atoms with E-state index in [1.54, 1.807) is 7.11 Å². The lowest BCUT2D eigenvalue weighted by molar-refractivity contribution is -0.0213. The molecule has 0 bridgehead atoms. The Labute approximate surface area is 111 Å². The Morgan fingerprint density at radius 1 is 1.44 bits per heavy atom. The minimum absolute atomic E-state index is 0.0910. The Balaban J connectivity index is 1.85. The normalized spacial score (nSPS) is 42.3. The fourth-order valence-electron chi connectivity index (χ4n) is 3.10. The lowest BCUT2D eigenvalue weighted by atomic mass is 9.89. The molecule has 4 atom stereocenters.